The van der Waals surface area contributed by atoms with Crippen LogP contribution in [0.2, 0.25) is 0 Å². The number of benzene rings is 2. The number of rotatable bonds is 5. The molecule has 0 aromatic heterocycles. The van der Waals surface area contributed by atoms with E-state index in [0.29, 0.717) is 11.7 Å². The number of aromatic hydroxyl groups is 1. The van der Waals surface area contributed by atoms with Gasteiger partial charge >= 0.3 is 0 Å². The van der Waals surface area contributed by atoms with Crippen molar-refractivity contribution in [3.63, 3.8) is 0 Å². The van der Waals surface area contributed by atoms with Gasteiger partial charge in [0.25, 0.3) is 0 Å². The van der Waals surface area contributed by atoms with Crippen LogP contribution in [0.15, 0.2) is 48.5 Å². The molecule has 2 aromatic rings. The van der Waals surface area contributed by atoms with Gasteiger partial charge in [0.1, 0.15) is 5.75 Å². The third-order valence-electron chi connectivity index (χ3n) is 5.09. The van der Waals surface area contributed by atoms with Gasteiger partial charge in [-0.3, -0.25) is 4.90 Å². The number of phenols is 1. The second kappa shape index (κ2) is 7.82. The van der Waals surface area contributed by atoms with Gasteiger partial charge in [-0.15, -0.1) is 0 Å². The molecule has 1 fully saturated rings. The third-order valence-corrected chi connectivity index (χ3v) is 5.09. The molecule has 0 aliphatic carbocycles. The molecule has 1 saturated heterocycles. The van der Waals surface area contributed by atoms with E-state index in [0.717, 1.165) is 44.5 Å². The van der Waals surface area contributed by atoms with Crippen LogP contribution >= 0.6 is 0 Å². The molecule has 1 heterocycles. The summed E-state index contributed by atoms with van der Waals surface area (Å²) < 4.78 is 0. The number of aryl methyl sites for hydroxylation is 1. The van der Waals surface area contributed by atoms with Crippen molar-refractivity contribution in [2.45, 2.75) is 38.8 Å². The Morgan fingerprint density at radius 2 is 1.79 bits per heavy atom. The van der Waals surface area contributed by atoms with Gasteiger partial charge in [-0.05, 0) is 56.8 Å². The number of phenolic OH excluding ortho intramolecular Hbond substituents is 1. The number of aliphatic hydroxyl groups is 1. The zero-order chi connectivity index (χ0) is 16.9. The monoisotopic (exact) mass is 325 g/mol. The van der Waals surface area contributed by atoms with Crippen LogP contribution in [-0.4, -0.2) is 34.3 Å². The van der Waals surface area contributed by atoms with Crippen LogP contribution in [0.4, 0.5) is 0 Å². The Hall–Kier alpha value is -1.84. The summed E-state index contributed by atoms with van der Waals surface area (Å²) >= 11 is 0. The van der Waals surface area contributed by atoms with E-state index >= 15 is 0 Å². The Kier molecular flexibility index (Phi) is 5.54. The van der Waals surface area contributed by atoms with Crippen molar-refractivity contribution < 1.29 is 10.2 Å². The molecule has 3 nitrogen and oxygen atoms in total. The summed E-state index contributed by atoms with van der Waals surface area (Å²) in [7, 11) is 0. The molecule has 0 radical (unpaired) electrons. The van der Waals surface area contributed by atoms with Crippen LogP contribution in [0, 0.1) is 12.8 Å². The maximum Gasteiger partial charge on any atom is 0.120 e. The predicted molar refractivity (Wildman–Crippen MR) is 97.0 cm³/mol. The Bertz CT molecular complexity index is 648. The highest BCUT2D eigenvalue weighted by atomic mass is 16.3. The minimum Gasteiger partial charge on any atom is -0.508 e. The van der Waals surface area contributed by atoms with Crippen LogP contribution < -0.4 is 0 Å². The fourth-order valence-corrected chi connectivity index (χ4v) is 3.60. The molecule has 3 rings (SSSR count). The van der Waals surface area contributed by atoms with Crippen molar-refractivity contribution in [1.82, 2.24) is 4.90 Å². The lowest BCUT2D eigenvalue weighted by molar-refractivity contribution is 0.0574. The summed E-state index contributed by atoms with van der Waals surface area (Å²) in [5, 5.41) is 20.5. The van der Waals surface area contributed by atoms with Crippen LogP contribution in [-0.2, 0) is 13.0 Å². The minimum absolute atomic E-state index is 0.262. The Morgan fingerprint density at radius 1 is 1.08 bits per heavy atom. The van der Waals surface area contributed by atoms with Crippen molar-refractivity contribution in [2.24, 2.45) is 5.92 Å². The fourth-order valence-electron chi connectivity index (χ4n) is 3.60. The van der Waals surface area contributed by atoms with Gasteiger partial charge in [-0.25, -0.2) is 0 Å². The first-order valence-corrected chi connectivity index (χ1v) is 8.84. The number of likely N-dealkylation sites (tertiary alicyclic amines) is 1. The van der Waals surface area contributed by atoms with Crippen LogP contribution in [0.5, 0.6) is 5.75 Å². The highest BCUT2D eigenvalue weighted by Gasteiger charge is 2.25. The molecular weight excluding hydrogens is 298 g/mol. The standard InChI is InChI=1S/C21H27NO2/c1-16-7-8-20(23)19(13-16)15-22-11-9-18(10-12-22)21(24)14-17-5-3-2-4-6-17/h2-8,13,18,21,23-24H,9-12,14-15H2,1H3. The summed E-state index contributed by atoms with van der Waals surface area (Å²) in [5.74, 6) is 0.749. The molecule has 2 aromatic carbocycles. The van der Waals surface area contributed by atoms with Crippen LogP contribution in [0.25, 0.3) is 0 Å². The topological polar surface area (TPSA) is 43.7 Å². The summed E-state index contributed by atoms with van der Waals surface area (Å²) in [6.07, 6.45) is 2.51. The molecule has 1 unspecified atom stereocenters. The van der Waals surface area contributed by atoms with Gasteiger partial charge in [-0.2, -0.15) is 0 Å². The van der Waals surface area contributed by atoms with Crippen LogP contribution in [0.1, 0.15) is 29.5 Å². The lowest BCUT2D eigenvalue weighted by Crippen LogP contribution is -2.38. The van der Waals surface area contributed by atoms with Crippen molar-refractivity contribution in [3.05, 3.63) is 65.2 Å². The number of piperidine rings is 1. The molecule has 24 heavy (non-hydrogen) atoms. The first-order chi connectivity index (χ1) is 11.6. The number of nitrogens with zero attached hydrogens (tertiary/aromatic N) is 1. The molecule has 0 saturated carbocycles. The average Bonchev–Trinajstić information content (AvgIpc) is 2.60. The lowest BCUT2D eigenvalue weighted by atomic mass is 9.88. The molecule has 0 bridgehead atoms. The largest absolute Gasteiger partial charge is 0.508 e. The molecule has 1 aliphatic heterocycles. The van der Waals surface area contributed by atoms with E-state index in [2.05, 4.69) is 30.0 Å². The molecular formula is C21H27NO2. The zero-order valence-corrected chi connectivity index (χ0v) is 14.4. The van der Waals surface area contributed by atoms with E-state index in [1.165, 1.54) is 11.1 Å². The highest BCUT2D eigenvalue weighted by Crippen LogP contribution is 2.26. The molecule has 0 spiro atoms. The summed E-state index contributed by atoms with van der Waals surface area (Å²) in [5.41, 5.74) is 3.38. The third kappa shape index (κ3) is 4.37. The molecule has 1 atom stereocenters. The maximum atomic E-state index is 10.5. The first-order valence-electron chi connectivity index (χ1n) is 8.84. The zero-order valence-electron chi connectivity index (χ0n) is 14.4. The van der Waals surface area contributed by atoms with Crippen molar-refractivity contribution in [1.29, 1.82) is 0 Å². The van der Waals surface area contributed by atoms with E-state index in [1.807, 2.05) is 24.3 Å². The number of hydrogen-bond donors (Lipinski definition) is 2. The summed E-state index contributed by atoms with van der Waals surface area (Å²) in [4.78, 5) is 2.38. The van der Waals surface area contributed by atoms with Gasteiger partial charge in [0.05, 0.1) is 6.10 Å². The predicted octanol–water partition coefficient (Wildman–Crippen LogP) is 3.52. The van der Waals surface area contributed by atoms with E-state index in [1.54, 1.807) is 6.07 Å². The summed E-state index contributed by atoms with van der Waals surface area (Å²) in [6.45, 7) is 4.79. The Morgan fingerprint density at radius 3 is 2.50 bits per heavy atom. The SMILES string of the molecule is Cc1ccc(O)c(CN2CCC(C(O)Cc3ccccc3)CC2)c1. The quantitative estimate of drug-likeness (QED) is 0.884. The highest BCUT2D eigenvalue weighted by molar-refractivity contribution is 5.35. The van der Waals surface area contributed by atoms with Crippen molar-refractivity contribution in [2.75, 3.05) is 13.1 Å². The molecule has 128 valence electrons. The fraction of sp³-hybridized carbons (Fsp3) is 0.429. The molecule has 0 amide bonds. The van der Waals surface area contributed by atoms with E-state index in [4.69, 9.17) is 0 Å². The maximum absolute atomic E-state index is 10.5. The van der Waals surface area contributed by atoms with Gasteiger partial charge in [0.2, 0.25) is 0 Å². The average molecular weight is 325 g/mol. The van der Waals surface area contributed by atoms with Gasteiger partial charge in [-0.1, -0.05) is 48.0 Å². The molecule has 3 heteroatoms. The lowest BCUT2D eigenvalue weighted by Gasteiger charge is -2.34. The van der Waals surface area contributed by atoms with E-state index in [9.17, 15) is 10.2 Å². The summed E-state index contributed by atoms with van der Waals surface area (Å²) in [6, 6.07) is 16.0. The van der Waals surface area contributed by atoms with Gasteiger partial charge in [0, 0.05) is 12.1 Å². The smallest absolute Gasteiger partial charge is 0.120 e. The number of aliphatic hydroxyl groups excluding tert-OH is 1. The second-order valence-electron chi connectivity index (χ2n) is 7.00. The molecule has 2 N–H and O–H groups in total. The van der Waals surface area contributed by atoms with E-state index < -0.39 is 0 Å². The number of hydrogen-bond acceptors (Lipinski definition) is 3. The van der Waals surface area contributed by atoms with Crippen molar-refractivity contribution >= 4 is 0 Å². The molecule has 1 aliphatic rings. The van der Waals surface area contributed by atoms with Crippen molar-refractivity contribution in [3.8, 4) is 5.75 Å². The Balaban J connectivity index is 1.51. The Labute approximate surface area is 144 Å². The van der Waals surface area contributed by atoms with E-state index in [-0.39, 0.29) is 6.10 Å². The second-order valence-corrected chi connectivity index (χ2v) is 7.00. The normalized spacial score (nSPS) is 17.8. The minimum atomic E-state index is -0.262. The van der Waals surface area contributed by atoms with Gasteiger partial charge in [0.15, 0.2) is 0 Å². The first kappa shape index (κ1) is 17.0. The van der Waals surface area contributed by atoms with Gasteiger partial charge < -0.3 is 10.2 Å². The van der Waals surface area contributed by atoms with Crippen LogP contribution in [0.3, 0.4) is 0 Å².